The first-order chi connectivity index (χ1) is 9.97. The Morgan fingerprint density at radius 1 is 1.19 bits per heavy atom. The lowest BCUT2D eigenvalue weighted by Gasteiger charge is -2.09. The number of pyridine rings is 1. The van der Waals surface area contributed by atoms with Gasteiger partial charge in [-0.3, -0.25) is 14.4 Å². The minimum atomic E-state index is -3.72. The van der Waals surface area contributed by atoms with Crippen molar-refractivity contribution in [1.29, 1.82) is 0 Å². The quantitative estimate of drug-likeness (QED) is 0.803. The molecule has 1 N–H and O–H groups in total. The van der Waals surface area contributed by atoms with Gasteiger partial charge in [-0.05, 0) is 19.1 Å². The van der Waals surface area contributed by atoms with Crippen molar-refractivity contribution in [1.82, 2.24) is 14.8 Å². The molecule has 0 radical (unpaired) electrons. The van der Waals surface area contributed by atoms with Crippen molar-refractivity contribution in [2.75, 3.05) is 4.72 Å². The molecule has 2 aromatic heterocycles. The fourth-order valence-electron chi connectivity index (χ4n) is 2.19. The fraction of sp³-hybridized carbons (Fsp3) is 0.143. The van der Waals surface area contributed by atoms with Crippen LogP contribution in [0.5, 0.6) is 0 Å². The normalized spacial score (nSPS) is 11.7. The fourth-order valence-corrected chi connectivity index (χ4v) is 3.45. The lowest BCUT2D eigenvalue weighted by atomic mass is 10.2. The van der Waals surface area contributed by atoms with E-state index in [0.717, 1.165) is 11.1 Å². The van der Waals surface area contributed by atoms with Crippen molar-refractivity contribution in [3.05, 3.63) is 48.3 Å². The number of para-hydroxylation sites is 1. The van der Waals surface area contributed by atoms with Crippen LogP contribution in [0.3, 0.4) is 0 Å². The van der Waals surface area contributed by atoms with Gasteiger partial charge in [0.15, 0.2) is 0 Å². The number of fused-ring (bicyclic) bond motifs is 1. The van der Waals surface area contributed by atoms with E-state index in [-0.39, 0.29) is 4.90 Å². The van der Waals surface area contributed by atoms with Gasteiger partial charge in [0.05, 0.1) is 11.2 Å². The largest absolute Gasteiger partial charge is 0.265 e. The predicted molar refractivity (Wildman–Crippen MR) is 80.5 cm³/mol. The molecular formula is C14H14N4O2S. The molecule has 0 spiro atoms. The van der Waals surface area contributed by atoms with E-state index in [1.807, 2.05) is 12.1 Å². The van der Waals surface area contributed by atoms with E-state index in [1.54, 1.807) is 44.4 Å². The number of sulfonamides is 1. The zero-order valence-electron chi connectivity index (χ0n) is 11.6. The summed E-state index contributed by atoms with van der Waals surface area (Å²) in [6.45, 7) is 1.80. The Kier molecular flexibility index (Phi) is 3.13. The number of aryl methyl sites for hydroxylation is 2. The Morgan fingerprint density at radius 3 is 2.67 bits per heavy atom. The highest BCUT2D eigenvalue weighted by Crippen LogP contribution is 2.23. The Balaban J connectivity index is 2.11. The zero-order valence-corrected chi connectivity index (χ0v) is 12.4. The highest BCUT2D eigenvalue weighted by Gasteiger charge is 2.19. The van der Waals surface area contributed by atoms with Gasteiger partial charge in [0.2, 0.25) is 0 Å². The van der Waals surface area contributed by atoms with E-state index in [4.69, 9.17) is 0 Å². The predicted octanol–water partition coefficient (Wildman–Crippen LogP) is 2.08. The van der Waals surface area contributed by atoms with Crippen LogP contribution >= 0.6 is 0 Å². The summed E-state index contributed by atoms with van der Waals surface area (Å²) < 4.78 is 29.2. The molecule has 0 atom stereocenters. The van der Waals surface area contributed by atoms with Gasteiger partial charge in [0.1, 0.15) is 10.7 Å². The second kappa shape index (κ2) is 4.85. The standard InChI is InChI=1S/C14H14N4O2S/c1-10-9-13(18(2)16-10)17-21(19,20)12-7-3-5-11-6-4-8-15-14(11)12/h3-9,17H,1-2H3. The van der Waals surface area contributed by atoms with Crippen molar-refractivity contribution in [3.63, 3.8) is 0 Å². The maximum Gasteiger partial charge on any atom is 0.265 e. The number of hydrogen-bond acceptors (Lipinski definition) is 4. The Labute approximate surface area is 122 Å². The molecule has 1 aromatic carbocycles. The molecule has 2 heterocycles. The van der Waals surface area contributed by atoms with Crippen LogP contribution in [0, 0.1) is 6.92 Å². The van der Waals surface area contributed by atoms with Gasteiger partial charge < -0.3 is 0 Å². The third kappa shape index (κ3) is 2.47. The van der Waals surface area contributed by atoms with E-state index in [0.29, 0.717) is 11.3 Å². The Morgan fingerprint density at radius 2 is 1.95 bits per heavy atom. The molecule has 0 aliphatic rings. The summed E-state index contributed by atoms with van der Waals surface area (Å²) in [5.74, 6) is 0.417. The second-order valence-electron chi connectivity index (χ2n) is 4.73. The van der Waals surface area contributed by atoms with E-state index in [2.05, 4.69) is 14.8 Å². The van der Waals surface area contributed by atoms with Crippen LogP contribution in [-0.2, 0) is 17.1 Å². The number of aromatic nitrogens is 3. The monoisotopic (exact) mass is 302 g/mol. The summed E-state index contributed by atoms with van der Waals surface area (Å²) in [6, 6.07) is 10.4. The van der Waals surface area contributed by atoms with Gasteiger partial charge in [0, 0.05) is 24.7 Å². The molecule has 0 fully saturated rings. The van der Waals surface area contributed by atoms with E-state index in [9.17, 15) is 8.42 Å². The van der Waals surface area contributed by atoms with Crippen molar-refractivity contribution < 1.29 is 8.42 Å². The molecule has 7 heteroatoms. The molecule has 0 unspecified atom stereocenters. The van der Waals surface area contributed by atoms with Crippen molar-refractivity contribution in [2.24, 2.45) is 7.05 Å². The summed E-state index contributed by atoms with van der Waals surface area (Å²) in [7, 11) is -2.04. The van der Waals surface area contributed by atoms with Gasteiger partial charge in [-0.1, -0.05) is 18.2 Å². The number of hydrogen-bond donors (Lipinski definition) is 1. The molecule has 3 rings (SSSR count). The molecular weight excluding hydrogens is 288 g/mol. The molecule has 0 saturated heterocycles. The number of nitrogens with zero attached hydrogens (tertiary/aromatic N) is 3. The zero-order chi connectivity index (χ0) is 15.0. The highest BCUT2D eigenvalue weighted by molar-refractivity contribution is 7.93. The van der Waals surface area contributed by atoms with Crippen LogP contribution in [0.25, 0.3) is 10.9 Å². The van der Waals surface area contributed by atoms with Gasteiger partial charge >= 0.3 is 0 Å². The lowest BCUT2D eigenvalue weighted by Crippen LogP contribution is -2.16. The molecule has 108 valence electrons. The van der Waals surface area contributed by atoms with Gasteiger partial charge in [-0.2, -0.15) is 5.10 Å². The van der Waals surface area contributed by atoms with Crippen molar-refractivity contribution in [3.8, 4) is 0 Å². The minimum Gasteiger partial charge on any atom is -0.263 e. The van der Waals surface area contributed by atoms with E-state index >= 15 is 0 Å². The van der Waals surface area contributed by atoms with Crippen LogP contribution in [0.2, 0.25) is 0 Å². The average molecular weight is 302 g/mol. The number of anilines is 1. The van der Waals surface area contributed by atoms with Crippen LogP contribution < -0.4 is 4.72 Å². The van der Waals surface area contributed by atoms with Gasteiger partial charge in [0.25, 0.3) is 10.0 Å². The molecule has 6 nitrogen and oxygen atoms in total. The molecule has 0 aliphatic carbocycles. The summed E-state index contributed by atoms with van der Waals surface area (Å²) in [5, 5.41) is 4.90. The second-order valence-corrected chi connectivity index (χ2v) is 6.38. The smallest absolute Gasteiger partial charge is 0.263 e. The highest BCUT2D eigenvalue weighted by atomic mass is 32.2. The van der Waals surface area contributed by atoms with Gasteiger partial charge in [-0.25, -0.2) is 8.42 Å². The summed E-state index contributed by atoms with van der Waals surface area (Å²) >= 11 is 0. The van der Waals surface area contributed by atoms with Crippen molar-refractivity contribution in [2.45, 2.75) is 11.8 Å². The SMILES string of the molecule is Cc1cc(NS(=O)(=O)c2cccc3cccnc23)n(C)n1. The van der Waals surface area contributed by atoms with Crippen LogP contribution in [0.15, 0.2) is 47.5 Å². The molecule has 0 saturated carbocycles. The Bertz CT molecular complexity index is 910. The summed E-state index contributed by atoms with van der Waals surface area (Å²) in [6.07, 6.45) is 1.58. The third-order valence-corrected chi connectivity index (χ3v) is 4.51. The summed E-state index contributed by atoms with van der Waals surface area (Å²) in [5.41, 5.74) is 1.19. The number of benzene rings is 1. The molecule has 0 bridgehead atoms. The van der Waals surface area contributed by atoms with Crippen LogP contribution in [0.4, 0.5) is 5.82 Å². The third-order valence-electron chi connectivity index (χ3n) is 3.13. The maximum absolute atomic E-state index is 12.6. The lowest BCUT2D eigenvalue weighted by molar-refractivity contribution is 0.601. The number of rotatable bonds is 3. The molecule has 0 amide bonds. The first kappa shape index (κ1) is 13.6. The molecule has 0 aliphatic heterocycles. The first-order valence-electron chi connectivity index (χ1n) is 6.34. The topological polar surface area (TPSA) is 76.9 Å². The molecule has 3 aromatic rings. The van der Waals surface area contributed by atoms with Crippen LogP contribution in [-0.4, -0.2) is 23.2 Å². The van der Waals surface area contributed by atoms with E-state index in [1.165, 1.54) is 4.68 Å². The molecule has 21 heavy (non-hydrogen) atoms. The van der Waals surface area contributed by atoms with Crippen molar-refractivity contribution >= 4 is 26.7 Å². The van der Waals surface area contributed by atoms with Gasteiger partial charge in [-0.15, -0.1) is 0 Å². The van der Waals surface area contributed by atoms with E-state index < -0.39 is 10.0 Å². The Hall–Kier alpha value is -2.41. The maximum atomic E-state index is 12.6. The minimum absolute atomic E-state index is 0.152. The van der Waals surface area contributed by atoms with Crippen LogP contribution in [0.1, 0.15) is 5.69 Å². The number of nitrogens with one attached hydrogen (secondary N) is 1. The summed E-state index contributed by atoms with van der Waals surface area (Å²) in [4.78, 5) is 4.33. The average Bonchev–Trinajstić information content (AvgIpc) is 2.75. The first-order valence-corrected chi connectivity index (χ1v) is 7.83.